The summed E-state index contributed by atoms with van der Waals surface area (Å²) in [5, 5.41) is 6.63. The van der Waals surface area contributed by atoms with Gasteiger partial charge in [-0.2, -0.15) is 4.98 Å². The van der Waals surface area contributed by atoms with Gasteiger partial charge in [0.25, 0.3) is 0 Å². The third-order valence-corrected chi connectivity index (χ3v) is 4.22. The smallest absolute Gasteiger partial charge is 0.216 e. The van der Waals surface area contributed by atoms with Crippen LogP contribution >= 0.6 is 11.8 Å². The van der Waals surface area contributed by atoms with Gasteiger partial charge in [-0.1, -0.05) is 72.4 Å². The fraction of sp³-hybridized carbons (Fsp3) is 0.0625. The number of carbonyl (C=O) groups excluding carboxylic acids is 1. The lowest BCUT2D eigenvalue weighted by atomic mass is 10.0. The Bertz CT molecular complexity index is 758. The number of nitrogens with zero attached hydrogens (tertiary/aromatic N) is 2. The van der Waals surface area contributed by atoms with Crippen LogP contribution in [-0.4, -0.2) is 21.0 Å². The molecule has 0 aliphatic carbocycles. The van der Waals surface area contributed by atoms with Crippen LogP contribution in [0.4, 0.5) is 5.95 Å². The van der Waals surface area contributed by atoms with Crippen molar-refractivity contribution in [2.75, 3.05) is 5.73 Å². The fourth-order valence-electron chi connectivity index (χ4n) is 2.07. The number of hydrogen-bond acceptors (Lipinski definition) is 5. The normalized spacial score (nSPS) is 12.0. The number of rotatable bonds is 5. The van der Waals surface area contributed by atoms with Crippen LogP contribution < -0.4 is 5.73 Å². The summed E-state index contributed by atoms with van der Waals surface area (Å²) in [6.45, 7) is 0. The van der Waals surface area contributed by atoms with Gasteiger partial charge in [0, 0.05) is 5.56 Å². The summed E-state index contributed by atoms with van der Waals surface area (Å²) in [5.41, 5.74) is 7.12. The molecule has 0 unspecified atom stereocenters. The summed E-state index contributed by atoms with van der Waals surface area (Å²) < 4.78 is 0. The van der Waals surface area contributed by atoms with Gasteiger partial charge in [-0.05, 0) is 5.56 Å². The SMILES string of the molecule is Nc1nc(S[C@@H](C(=O)c2ccccc2)c2ccccc2)n[nH]1. The number of anilines is 1. The first kappa shape index (κ1) is 14.3. The van der Waals surface area contributed by atoms with Gasteiger partial charge in [0.05, 0.1) is 0 Å². The van der Waals surface area contributed by atoms with Crippen LogP contribution in [0.25, 0.3) is 0 Å². The summed E-state index contributed by atoms with van der Waals surface area (Å²) in [5.74, 6) is 0.252. The van der Waals surface area contributed by atoms with Crippen LogP contribution in [0.1, 0.15) is 21.2 Å². The predicted molar refractivity (Wildman–Crippen MR) is 86.6 cm³/mol. The lowest BCUT2D eigenvalue weighted by Crippen LogP contribution is -2.10. The van der Waals surface area contributed by atoms with Gasteiger partial charge in [-0.25, -0.2) is 5.10 Å². The second kappa shape index (κ2) is 6.44. The van der Waals surface area contributed by atoms with E-state index in [-0.39, 0.29) is 11.7 Å². The second-order valence-corrected chi connectivity index (χ2v) is 5.71. The van der Waals surface area contributed by atoms with Gasteiger partial charge >= 0.3 is 0 Å². The maximum absolute atomic E-state index is 12.8. The molecule has 5 nitrogen and oxygen atoms in total. The topological polar surface area (TPSA) is 84.7 Å². The Kier molecular flexibility index (Phi) is 4.20. The minimum atomic E-state index is -0.418. The highest BCUT2D eigenvalue weighted by Crippen LogP contribution is 2.36. The van der Waals surface area contributed by atoms with E-state index in [1.54, 1.807) is 0 Å². The Morgan fingerprint density at radius 2 is 1.68 bits per heavy atom. The molecule has 110 valence electrons. The Balaban J connectivity index is 1.94. The predicted octanol–water partition coefficient (Wildman–Crippen LogP) is 3.10. The highest BCUT2D eigenvalue weighted by molar-refractivity contribution is 8.00. The van der Waals surface area contributed by atoms with E-state index in [0.29, 0.717) is 10.7 Å². The van der Waals surface area contributed by atoms with E-state index >= 15 is 0 Å². The summed E-state index contributed by atoms with van der Waals surface area (Å²) >= 11 is 1.28. The summed E-state index contributed by atoms with van der Waals surface area (Å²) in [4.78, 5) is 16.9. The summed E-state index contributed by atoms with van der Waals surface area (Å²) in [6, 6.07) is 18.8. The van der Waals surface area contributed by atoms with Crippen molar-refractivity contribution in [3.8, 4) is 0 Å². The molecule has 0 amide bonds. The minimum absolute atomic E-state index is 0.0140. The molecule has 22 heavy (non-hydrogen) atoms. The zero-order valence-corrected chi connectivity index (χ0v) is 12.5. The molecule has 0 spiro atoms. The number of aromatic nitrogens is 3. The number of benzene rings is 2. The van der Waals surface area contributed by atoms with Crippen LogP contribution in [0.2, 0.25) is 0 Å². The highest BCUT2D eigenvalue weighted by atomic mass is 32.2. The third kappa shape index (κ3) is 3.17. The lowest BCUT2D eigenvalue weighted by molar-refractivity contribution is 0.0989. The average Bonchev–Trinajstić information content (AvgIpc) is 2.99. The van der Waals surface area contributed by atoms with Crippen molar-refractivity contribution in [2.24, 2.45) is 0 Å². The molecule has 6 heteroatoms. The average molecular weight is 310 g/mol. The molecule has 3 rings (SSSR count). The van der Waals surface area contributed by atoms with Crippen molar-refractivity contribution in [3.05, 3.63) is 71.8 Å². The lowest BCUT2D eigenvalue weighted by Gasteiger charge is -2.14. The number of Topliss-reactive ketones (excluding diaryl/α,β-unsaturated/α-hetero) is 1. The largest absolute Gasteiger partial charge is 0.368 e. The number of carbonyl (C=O) groups is 1. The molecule has 0 fully saturated rings. The number of nitrogens with two attached hydrogens (primary N) is 1. The first-order valence-electron chi connectivity index (χ1n) is 6.73. The Labute approximate surface area is 132 Å². The molecule has 1 atom stereocenters. The molecule has 3 aromatic rings. The zero-order chi connectivity index (χ0) is 15.4. The van der Waals surface area contributed by atoms with Gasteiger partial charge in [0.1, 0.15) is 5.25 Å². The maximum atomic E-state index is 12.8. The quantitative estimate of drug-likeness (QED) is 0.559. The molecular formula is C16H14N4OS. The van der Waals surface area contributed by atoms with Crippen LogP contribution in [0.5, 0.6) is 0 Å². The van der Waals surface area contributed by atoms with E-state index in [1.807, 2.05) is 60.7 Å². The second-order valence-electron chi connectivity index (χ2n) is 4.64. The number of hydrogen-bond donors (Lipinski definition) is 2. The third-order valence-electron chi connectivity index (χ3n) is 3.10. The van der Waals surface area contributed by atoms with Gasteiger partial charge < -0.3 is 5.73 Å². The number of nitrogen functional groups attached to an aromatic ring is 1. The number of thioether (sulfide) groups is 1. The molecule has 3 N–H and O–H groups in total. The molecule has 0 saturated carbocycles. The molecule has 1 aromatic heterocycles. The van der Waals surface area contributed by atoms with Crippen LogP contribution in [0, 0.1) is 0 Å². The Morgan fingerprint density at radius 1 is 1.05 bits per heavy atom. The van der Waals surface area contributed by atoms with Crippen LogP contribution in [0.3, 0.4) is 0 Å². The van der Waals surface area contributed by atoms with E-state index in [1.165, 1.54) is 11.8 Å². The molecule has 2 aromatic carbocycles. The molecule has 0 aliphatic heterocycles. The first-order valence-corrected chi connectivity index (χ1v) is 7.61. The van der Waals surface area contributed by atoms with E-state index in [2.05, 4.69) is 15.2 Å². The van der Waals surface area contributed by atoms with E-state index in [9.17, 15) is 4.79 Å². The van der Waals surface area contributed by atoms with Crippen molar-refractivity contribution in [2.45, 2.75) is 10.4 Å². The van der Waals surface area contributed by atoms with Gasteiger partial charge in [0.2, 0.25) is 11.1 Å². The van der Waals surface area contributed by atoms with Crippen molar-refractivity contribution in [1.82, 2.24) is 15.2 Å². The van der Waals surface area contributed by atoms with Gasteiger partial charge in [0.15, 0.2) is 5.78 Å². The highest BCUT2D eigenvalue weighted by Gasteiger charge is 2.24. The molecule has 0 bridgehead atoms. The van der Waals surface area contributed by atoms with Crippen molar-refractivity contribution >= 4 is 23.5 Å². The standard InChI is InChI=1S/C16H14N4OS/c17-15-18-16(20-19-15)22-14(12-9-5-2-6-10-12)13(21)11-7-3-1-4-8-11/h1-10,14H,(H3,17,18,19,20)/t14-/m1/s1. The number of ketones is 1. The van der Waals surface area contributed by atoms with Crippen molar-refractivity contribution < 1.29 is 4.79 Å². The van der Waals surface area contributed by atoms with Crippen LogP contribution in [-0.2, 0) is 0 Å². The zero-order valence-electron chi connectivity index (χ0n) is 11.6. The first-order chi connectivity index (χ1) is 10.7. The maximum Gasteiger partial charge on any atom is 0.216 e. The Hall–Kier alpha value is -2.60. The number of aromatic amines is 1. The Morgan fingerprint density at radius 3 is 2.27 bits per heavy atom. The molecule has 1 heterocycles. The number of nitrogens with one attached hydrogen (secondary N) is 1. The summed E-state index contributed by atoms with van der Waals surface area (Å²) in [6.07, 6.45) is 0. The minimum Gasteiger partial charge on any atom is -0.368 e. The monoisotopic (exact) mass is 310 g/mol. The van der Waals surface area contributed by atoms with E-state index < -0.39 is 5.25 Å². The van der Waals surface area contributed by atoms with Gasteiger partial charge in [-0.15, -0.1) is 5.10 Å². The molecule has 0 aliphatic rings. The van der Waals surface area contributed by atoms with Crippen LogP contribution in [0.15, 0.2) is 65.8 Å². The van der Waals surface area contributed by atoms with Crippen molar-refractivity contribution in [3.63, 3.8) is 0 Å². The molecule has 0 saturated heterocycles. The molecular weight excluding hydrogens is 296 g/mol. The van der Waals surface area contributed by atoms with Gasteiger partial charge in [-0.3, -0.25) is 4.79 Å². The number of H-pyrrole nitrogens is 1. The van der Waals surface area contributed by atoms with E-state index in [4.69, 9.17) is 5.73 Å². The fourth-order valence-corrected chi connectivity index (χ4v) is 3.07. The van der Waals surface area contributed by atoms with E-state index in [0.717, 1.165) is 5.56 Å². The van der Waals surface area contributed by atoms with Crippen molar-refractivity contribution in [1.29, 1.82) is 0 Å². The summed E-state index contributed by atoms with van der Waals surface area (Å²) in [7, 11) is 0. The molecule has 0 radical (unpaired) electrons.